The quantitative estimate of drug-likeness (QED) is 0.437. The topological polar surface area (TPSA) is 79.1 Å². The third kappa shape index (κ3) is 2.75. The van der Waals surface area contributed by atoms with Gasteiger partial charge in [0.15, 0.2) is 17.0 Å². The van der Waals surface area contributed by atoms with Crippen LogP contribution in [-0.2, 0) is 20.6 Å². The molecule has 0 atom stereocenters. The number of halogens is 1. The van der Waals surface area contributed by atoms with Crippen molar-refractivity contribution in [3.8, 4) is 11.4 Å². The Hall–Kier alpha value is -3.65. The fourth-order valence-electron chi connectivity index (χ4n) is 3.98. The summed E-state index contributed by atoms with van der Waals surface area (Å²) in [5.41, 5.74) is 2.80. The summed E-state index contributed by atoms with van der Waals surface area (Å²) in [5, 5.41) is 9.27. The van der Waals surface area contributed by atoms with Crippen LogP contribution in [0.4, 0.5) is 0 Å². The number of imidazole rings is 1. The lowest BCUT2D eigenvalue weighted by Crippen LogP contribution is -2.37. The number of rotatable bonds is 3. The minimum atomic E-state index is -0.425. The van der Waals surface area contributed by atoms with Crippen LogP contribution in [0.3, 0.4) is 0 Å². The Balaban J connectivity index is 1.95. The molecular weight excluding hydrogens is 416 g/mol. The predicted octanol–water partition coefficient (Wildman–Crippen LogP) is 2.76. The summed E-state index contributed by atoms with van der Waals surface area (Å²) in [7, 11) is 3.11. The maximum absolute atomic E-state index is 13.2. The number of aromatic nitrogens is 6. The van der Waals surface area contributed by atoms with Gasteiger partial charge in [0.1, 0.15) is 0 Å². The van der Waals surface area contributed by atoms with Crippen LogP contribution in [0, 0.1) is 6.92 Å². The van der Waals surface area contributed by atoms with Gasteiger partial charge in [-0.2, -0.15) is 0 Å². The molecule has 0 bridgehead atoms. The lowest BCUT2D eigenvalue weighted by molar-refractivity contribution is 0.700. The summed E-state index contributed by atoms with van der Waals surface area (Å²) < 4.78 is 6.10. The maximum atomic E-state index is 13.2. The Bertz CT molecular complexity index is 1600. The van der Waals surface area contributed by atoms with E-state index in [9.17, 15) is 9.59 Å². The van der Waals surface area contributed by atoms with E-state index in [1.54, 1.807) is 17.5 Å². The van der Waals surface area contributed by atoms with E-state index in [1.165, 1.54) is 11.6 Å². The van der Waals surface area contributed by atoms with Gasteiger partial charge in [0.25, 0.3) is 5.56 Å². The largest absolute Gasteiger partial charge is 0.332 e. The minimum Gasteiger partial charge on any atom is -0.298 e. The van der Waals surface area contributed by atoms with Crippen molar-refractivity contribution >= 4 is 28.5 Å². The second-order valence-electron chi connectivity index (χ2n) is 7.53. The molecule has 0 spiro atoms. The smallest absolute Gasteiger partial charge is 0.298 e. The molecule has 0 aliphatic heterocycles. The van der Waals surface area contributed by atoms with Gasteiger partial charge in [-0.3, -0.25) is 18.5 Å². The average Bonchev–Trinajstić information content (AvgIpc) is 3.32. The van der Waals surface area contributed by atoms with E-state index in [1.807, 2.05) is 54.0 Å². The SMILES string of the molecule is Cc1ccccc1Cn1c2c(=O)n(C)c(=O)n(C)c2n2c(-c3ccccc3Cl)nnc12. The molecule has 8 nitrogen and oxygen atoms in total. The molecular formula is C22H19ClN6O2. The van der Waals surface area contributed by atoms with Gasteiger partial charge in [0, 0.05) is 19.7 Å². The van der Waals surface area contributed by atoms with Gasteiger partial charge >= 0.3 is 5.69 Å². The molecule has 3 heterocycles. The molecule has 5 rings (SSSR count). The monoisotopic (exact) mass is 434 g/mol. The molecule has 0 aliphatic carbocycles. The van der Waals surface area contributed by atoms with E-state index in [2.05, 4.69) is 10.2 Å². The van der Waals surface area contributed by atoms with E-state index in [4.69, 9.17) is 11.6 Å². The van der Waals surface area contributed by atoms with Crippen molar-refractivity contribution in [1.82, 2.24) is 28.3 Å². The van der Waals surface area contributed by atoms with E-state index < -0.39 is 5.69 Å². The van der Waals surface area contributed by atoms with Crippen LogP contribution < -0.4 is 11.2 Å². The fourth-order valence-corrected chi connectivity index (χ4v) is 4.20. The first-order valence-electron chi connectivity index (χ1n) is 9.73. The molecule has 0 N–H and O–H groups in total. The van der Waals surface area contributed by atoms with Crippen molar-refractivity contribution in [2.45, 2.75) is 13.5 Å². The van der Waals surface area contributed by atoms with Crippen molar-refractivity contribution in [1.29, 1.82) is 0 Å². The normalized spacial score (nSPS) is 11.6. The highest BCUT2D eigenvalue weighted by atomic mass is 35.5. The highest BCUT2D eigenvalue weighted by Crippen LogP contribution is 2.29. The summed E-state index contributed by atoms with van der Waals surface area (Å²) in [6.45, 7) is 2.43. The maximum Gasteiger partial charge on any atom is 0.332 e. The summed E-state index contributed by atoms with van der Waals surface area (Å²) >= 11 is 6.43. The Kier molecular flexibility index (Phi) is 4.33. The molecule has 0 radical (unpaired) electrons. The molecule has 156 valence electrons. The van der Waals surface area contributed by atoms with Crippen molar-refractivity contribution in [3.05, 3.63) is 85.5 Å². The summed E-state index contributed by atoms with van der Waals surface area (Å²) in [6.07, 6.45) is 0. The Labute approximate surface area is 181 Å². The first-order valence-corrected chi connectivity index (χ1v) is 10.1. The van der Waals surface area contributed by atoms with E-state index in [0.29, 0.717) is 39.9 Å². The second kappa shape index (κ2) is 6.95. The molecule has 0 saturated carbocycles. The third-order valence-corrected chi connectivity index (χ3v) is 6.01. The van der Waals surface area contributed by atoms with Gasteiger partial charge in [0.2, 0.25) is 5.78 Å². The molecule has 31 heavy (non-hydrogen) atoms. The number of hydrogen-bond donors (Lipinski definition) is 0. The number of hydrogen-bond acceptors (Lipinski definition) is 4. The van der Waals surface area contributed by atoms with Crippen LogP contribution >= 0.6 is 11.6 Å². The fraction of sp³-hybridized carbons (Fsp3) is 0.182. The molecule has 0 aliphatic rings. The predicted molar refractivity (Wildman–Crippen MR) is 120 cm³/mol. The van der Waals surface area contributed by atoms with Gasteiger partial charge in [-0.25, -0.2) is 9.20 Å². The molecule has 3 aromatic heterocycles. The standard InChI is InChI=1S/C22H19ClN6O2/c1-13-8-4-5-9-14(13)12-28-17-19(26(2)22(31)27(3)20(17)30)29-18(24-25-21(28)29)15-10-6-7-11-16(15)23/h4-11H,12H2,1-3H3. The zero-order valence-corrected chi connectivity index (χ0v) is 18.0. The molecule has 0 amide bonds. The van der Waals surface area contributed by atoms with Crippen molar-refractivity contribution in [2.75, 3.05) is 0 Å². The van der Waals surface area contributed by atoms with Gasteiger partial charge in [-0.05, 0) is 30.2 Å². The molecule has 0 saturated heterocycles. The molecule has 0 unspecified atom stereocenters. The molecule has 0 fully saturated rings. The number of aryl methyl sites for hydroxylation is 2. The van der Waals surface area contributed by atoms with Gasteiger partial charge in [0.05, 0.1) is 11.6 Å². The van der Waals surface area contributed by atoms with Crippen LogP contribution in [-0.4, -0.2) is 28.3 Å². The van der Waals surface area contributed by atoms with E-state index in [0.717, 1.165) is 15.7 Å². The van der Waals surface area contributed by atoms with Crippen LogP contribution in [0.15, 0.2) is 58.1 Å². The highest BCUT2D eigenvalue weighted by Gasteiger charge is 2.25. The van der Waals surface area contributed by atoms with E-state index >= 15 is 0 Å². The number of nitrogens with zero attached hydrogens (tertiary/aromatic N) is 6. The molecule has 9 heteroatoms. The molecule has 2 aromatic carbocycles. The summed E-state index contributed by atoms with van der Waals surface area (Å²) in [5.74, 6) is 0.934. The van der Waals surface area contributed by atoms with E-state index in [-0.39, 0.29) is 5.56 Å². The van der Waals surface area contributed by atoms with Gasteiger partial charge in [-0.1, -0.05) is 48.0 Å². The Morgan fingerprint density at radius 1 is 0.935 bits per heavy atom. The van der Waals surface area contributed by atoms with Gasteiger partial charge in [-0.15, -0.1) is 10.2 Å². The van der Waals surface area contributed by atoms with Crippen LogP contribution in [0.5, 0.6) is 0 Å². The zero-order chi connectivity index (χ0) is 21.9. The minimum absolute atomic E-state index is 0.381. The Morgan fingerprint density at radius 3 is 2.39 bits per heavy atom. The number of benzene rings is 2. The number of fused-ring (bicyclic) bond motifs is 3. The zero-order valence-electron chi connectivity index (χ0n) is 17.2. The van der Waals surface area contributed by atoms with Crippen molar-refractivity contribution in [2.24, 2.45) is 14.1 Å². The van der Waals surface area contributed by atoms with Crippen molar-refractivity contribution in [3.63, 3.8) is 0 Å². The highest BCUT2D eigenvalue weighted by molar-refractivity contribution is 6.33. The Morgan fingerprint density at radius 2 is 1.65 bits per heavy atom. The van der Waals surface area contributed by atoms with Crippen LogP contribution in [0.25, 0.3) is 28.3 Å². The summed E-state index contributed by atoms with van der Waals surface area (Å²) in [6, 6.07) is 15.2. The third-order valence-electron chi connectivity index (χ3n) is 5.68. The lowest BCUT2D eigenvalue weighted by Gasteiger charge is -2.09. The lowest BCUT2D eigenvalue weighted by atomic mass is 10.1. The van der Waals surface area contributed by atoms with Crippen LogP contribution in [0.2, 0.25) is 5.02 Å². The molecule has 5 aromatic rings. The second-order valence-corrected chi connectivity index (χ2v) is 7.94. The van der Waals surface area contributed by atoms with Crippen LogP contribution in [0.1, 0.15) is 11.1 Å². The first kappa shape index (κ1) is 19.3. The van der Waals surface area contributed by atoms with Gasteiger partial charge < -0.3 is 0 Å². The first-order chi connectivity index (χ1) is 14.9. The summed E-state index contributed by atoms with van der Waals surface area (Å²) in [4.78, 5) is 26.0. The average molecular weight is 435 g/mol. The van der Waals surface area contributed by atoms with Crippen molar-refractivity contribution < 1.29 is 0 Å².